The van der Waals surface area contributed by atoms with Gasteiger partial charge in [-0.25, -0.2) is 0 Å². The molecule has 0 spiro atoms. The van der Waals surface area contributed by atoms with E-state index in [-0.39, 0.29) is 0 Å². The van der Waals surface area contributed by atoms with Gasteiger partial charge in [0.05, 0.1) is 11.0 Å². The van der Waals surface area contributed by atoms with Crippen LogP contribution in [0.3, 0.4) is 0 Å². The number of fused-ring (bicyclic) bond motifs is 1. The standard InChI is InChI=1S/C14H11BrN2S/c1-9-5-6-13-12(7-9)16-14(18)17(13)11-4-2-3-10(15)8-11/h2-8H,1H3,(H,16,18). The third kappa shape index (κ3) is 1.91. The van der Waals surface area contributed by atoms with E-state index in [1.807, 2.05) is 18.2 Å². The first-order chi connectivity index (χ1) is 8.65. The number of aryl methyl sites for hydroxylation is 1. The van der Waals surface area contributed by atoms with E-state index < -0.39 is 0 Å². The van der Waals surface area contributed by atoms with Gasteiger partial charge in [0, 0.05) is 10.2 Å². The summed E-state index contributed by atoms with van der Waals surface area (Å²) in [6, 6.07) is 14.4. The summed E-state index contributed by atoms with van der Waals surface area (Å²) in [6.45, 7) is 2.08. The highest BCUT2D eigenvalue weighted by Gasteiger charge is 2.06. The van der Waals surface area contributed by atoms with Crippen molar-refractivity contribution < 1.29 is 0 Å². The van der Waals surface area contributed by atoms with Crippen LogP contribution in [0.25, 0.3) is 16.7 Å². The molecule has 0 saturated carbocycles. The maximum Gasteiger partial charge on any atom is 0.182 e. The minimum absolute atomic E-state index is 0.716. The number of rotatable bonds is 1. The molecule has 0 unspecified atom stereocenters. The Hall–Kier alpha value is -1.39. The maximum atomic E-state index is 5.41. The van der Waals surface area contributed by atoms with Crippen molar-refractivity contribution in [3.8, 4) is 5.69 Å². The van der Waals surface area contributed by atoms with Crippen LogP contribution in [0.4, 0.5) is 0 Å². The molecule has 0 bridgehead atoms. The molecule has 4 heteroatoms. The highest BCUT2D eigenvalue weighted by Crippen LogP contribution is 2.22. The minimum Gasteiger partial charge on any atom is -0.330 e. The summed E-state index contributed by atoms with van der Waals surface area (Å²) in [7, 11) is 0. The van der Waals surface area contributed by atoms with Gasteiger partial charge in [0.15, 0.2) is 4.77 Å². The Morgan fingerprint density at radius 3 is 2.78 bits per heavy atom. The summed E-state index contributed by atoms with van der Waals surface area (Å²) >= 11 is 8.90. The Morgan fingerprint density at radius 1 is 1.17 bits per heavy atom. The van der Waals surface area contributed by atoms with Gasteiger partial charge in [-0.2, -0.15) is 0 Å². The predicted octanol–water partition coefficient (Wildman–Crippen LogP) is 4.76. The van der Waals surface area contributed by atoms with Crippen LogP contribution in [0.1, 0.15) is 5.56 Å². The van der Waals surface area contributed by atoms with Crippen LogP contribution in [0.15, 0.2) is 46.9 Å². The second-order valence-electron chi connectivity index (χ2n) is 4.27. The summed E-state index contributed by atoms with van der Waals surface area (Å²) < 4.78 is 3.81. The Morgan fingerprint density at radius 2 is 2.00 bits per heavy atom. The smallest absolute Gasteiger partial charge is 0.182 e. The van der Waals surface area contributed by atoms with Gasteiger partial charge >= 0.3 is 0 Å². The minimum atomic E-state index is 0.716. The average molecular weight is 319 g/mol. The molecular formula is C14H11BrN2S. The van der Waals surface area contributed by atoms with Gasteiger partial charge in [-0.05, 0) is 55.0 Å². The average Bonchev–Trinajstić information content (AvgIpc) is 2.64. The monoisotopic (exact) mass is 318 g/mol. The van der Waals surface area contributed by atoms with E-state index in [0.717, 1.165) is 21.2 Å². The quantitative estimate of drug-likeness (QED) is 0.641. The van der Waals surface area contributed by atoms with E-state index in [9.17, 15) is 0 Å². The fraction of sp³-hybridized carbons (Fsp3) is 0.0714. The molecule has 1 aromatic heterocycles. The molecule has 0 radical (unpaired) electrons. The van der Waals surface area contributed by atoms with Gasteiger partial charge in [-0.15, -0.1) is 0 Å². The van der Waals surface area contributed by atoms with Crippen LogP contribution in [-0.2, 0) is 0 Å². The largest absolute Gasteiger partial charge is 0.330 e. The molecule has 90 valence electrons. The number of hydrogen-bond acceptors (Lipinski definition) is 1. The molecule has 0 aliphatic carbocycles. The number of nitrogens with zero attached hydrogens (tertiary/aromatic N) is 1. The fourth-order valence-corrected chi connectivity index (χ4v) is 2.80. The van der Waals surface area contributed by atoms with Crippen molar-refractivity contribution in [1.82, 2.24) is 9.55 Å². The topological polar surface area (TPSA) is 20.7 Å². The first-order valence-electron chi connectivity index (χ1n) is 5.62. The van der Waals surface area contributed by atoms with Crippen molar-refractivity contribution in [3.05, 3.63) is 57.3 Å². The van der Waals surface area contributed by atoms with Crippen LogP contribution in [0, 0.1) is 11.7 Å². The van der Waals surface area contributed by atoms with Crippen LogP contribution >= 0.6 is 28.1 Å². The highest BCUT2D eigenvalue weighted by molar-refractivity contribution is 9.10. The molecule has 1 N–H and O–H groups in total. The zero-order valence-corrected chi connectivity index (χ0v) is 12.2. The summed E-state index contributed by atoms with van der Waals surface area (Å²) in [5.74, 6) is 0. The molecule has 0 amide bonds. The number of benzene rings is 2. The normalized spacial score (nSPS) is 11.0. The molecule has 3 rings (SSSR count). The molecular weight excluding hydrogens is 308 g/mol. The van der Waals surface area contributed by atoms with Crippen LogP contribution < -0.4 is 0 Å². The number of imidazole rings is 1. The molecule has 2 aromatic carbocycles. The first kappa shape index (κ1) is 11.7. The lowest BCUT2D eigenvalue weighted by Crippen LogP contribution is -1.93. The maximum absolute atomic E-state index is 5.41. The van der Waals surface area contributed by atoms with E-state index in [1.165, 1.54) is 5.56 Å². The SMILES string of the molecule is Cc1ccc2c(c1)[nH]c(=S)n2-c1cccc(Br)c1. The zero-order chi connectivity index (χ0) is 12.7. The Kier molecular flexibility index (Phi) is 2.84. The molecule has 0 aliphatic rings. The number of nitrogens with one attached hydrogen (secondary N) is 1. The van der Waals surface area contributed by atoms with E-state index >= 15 is 0 Å². The Labute approximate surface area is 118 Å². The predicted molar refractivity (Wildman–Crippen MR) is 80.9 cm³/mol. The lowest BCUT2D eigenvalue weighted by molar-refractivity contribution is 1.06. The molecule has 2 nitrogen and oxygen atoms in total. The first-order valence-corrected chi connectivity index (χ1v) is 6.82. The van der Waals surface area contributed by atoms with E-state index in [4.69, 9.17) is 12.2 Å². The molecule has 1 heterocycles. The van der Waals surface area contributed by atoms with Gasteiger partial charge in [0.25, 0.3) is 0 Å². The van der Waals surface area contributed by atoms with Crippen LogP contribution in [0.2, 0.25) is 0 Å². The molecule has 18 heavy (non-hydrogen) atoms. The number of hydrogen-bond donors (Lipinski definition) is 1. The van der Waals surface area contributed by atoms with Gasteiger partial charge < -0.3 is 4.98 Å². The summed E-state index contributed by atoms with van der Waals surface area (Å²) in [4.78, 5) is 3.25. The molecule has 0 aliphatic heterocycles. The van der Waals surface area contributed by atoms with Gasteiger partial charge in [0.1, 0.15) is 0 Å². The Balaban J connectivity index is 2.35. The Bertz CT molecular complexity index is 786. The second-order valence-corrected chi connectivity index (χ2v) is 5.57. The number of aromatic nitrogens is 2. The van der Waals surface area contributed by atoms with E-state index in [2.05, 4.69) is 56.7 Å². The van der Waals surface area contributed by atoms with Gasteiger partial charge in [0.2, 0.25) is 0 Å². The van der Waals surface area contributed by atoms with Crippen LogP contribution in [0.5, 0.6) is 0 Å². The van der Waals surface area contributed by atoms with E-state index in [1.54, 1.807) is 0 Å². The van der Waals surface area contributed by atoms with Gasteiger partial charge in [-0.3, -0.25) is 4.57 Å². The van der Waals surface area contributed by atoms with Crippen molar-refractivity contribution >= 4 is 39.2 Å². The summed E-state index contributed by atoms with van der Waals surface area (Å²) in [6.07, 6.45) is 0. The lowest BCUT2D eigenvalue weighted by Gasteiger charge is -2.05. The summed E-state index contributed by atoms with van der Waals surface area (Å²) in [5.41, 5.74) is 4.45. The number of H-pyrrole nitrogens is 1. The number of aromatic amines is 1. The molecule has 0 atom stereocenters. The highest BCUT2D eigenvalue weighted by atomic mass is 79.9. The second kappa shape index (κ2) is 4.37. The third-order valence-corrected chi connectivity index (χ3v) is 3.68. The lowest BCUT2D eigenvalue weighted by atomic mass is 10.2. The van der Waals surface area contributed by atoms with Crippen LogP contribution in [-0.4, -0.2) is 9.55 Å². The van der Waals surface area contributed by atoms with Crippen molar-refractivity contribution in [2.24, 2.45) is 0 Å². The number of halogens is 1. The van der Waals surface area contributed by atoms with E-state index in [0.29, 0.717) is 4.77 Å². The van der Waals surface area contributed by atoms with Crippen molar-refractivity contribution in [3.63, 3.8) is 0 Å². The molecule has 3 aromatic rings. The third-order valence-electron chi connectivity index (χ3n) is 2.90. The summed E-state index contributed by atoms with van der Waals surface area (Å²) in [5, 5.41) is 0. The van der Waals surface area contributed by atoms with Gasteiger partial charge in [-0.1, -0.05) is 28.1 Å². The van der Waals surface area contributed by atoms with Crippen molar-refractivity contribution in [2.75, 3.05) is 0 Å². The van der Waals surface area contributed by atoms with Crippen molar-refractivity contribution in [2.45, 2.75) is 6.92 Å². The molecule has 0 fully saturated rings. The fourth-order valence-electron chi connectivity index (χ4n) is 2.10. The zero-order valence-electron chi connectivity index (χ0n) is 9.77. The molecule has 0 saturated heterocycles. The van der Waals surface area contributed by atoms with Crippen molar-refractivity contribution in [1.29, 1.82) is 0 Å².